The average Bonchev–Trinajstić information content (AvgIpc) is 3.26. The van der Waals surface area contributed by atoms with E-state index in [2.05, 4.69) is 54.4 Å². The lowest BCUT2D eigenvalue weighted by Crippen LogP contribution is -2.54. The first-order valence-electron chi connectivity index (χ1n) is 14.0. The molecular weight excluding hydrogens is 452 g/mol. The van der Waals surface area contributed by atoms with E-state index in [1.807, 2.05) is 9.80 Å². The summed E-state index contributed by atoms with van der Waals surface area (Å²) in [6, 6.07) is 9.46. The van der Waals surface area contributed by atoms with Crippen LogP contribution in [0.1, 0.15) is 63.5 Å². The molecule has 1 N–H and O–H groups in total. The number of amides is 3. The van der Waals surface area contributed by atoms with Gasteiger partial charge in [-0.1, -0.05) is 44.2 Å². The third-order valence-electron chi connectivity index (χ3n) is 8.96. The molecule has 196 valence electrons. The molecule has 3 saturated heterocycles. The van der Waals surface area contributed by atoms with Crippen LogP contribution in [0.4, 0.5) is 4.79 Å². The molecule has 0 bridgehead atoms. The smallest absolute Gasteiger partial charge is 0.320 e. The zero-order valence-electron chi connectivity index (χ0n) is 22.0. The molecule has 0 aromatic heterocycles. The Hall–Kier alpha value is -2.38. The lowest BCUT2D eigenvalue weighted by Gasteiger charge is -2.45. The Bertz CT molecular complexity index is 966. The highest BCUT2D eigenvalue weighted by Gasteiger charge is 2.43. The normalized spacial score (nSPS) is 22.6. The maximum Gasteiger partial charge on any atom is 0.320 e. The number of ether oxygens (including phenoxy) is 1. The van der Waals surface area contributed by atoms with E-state index < -0.39 is 0 Å². The van der Waals surface area contributed by atoms with Crippen molar-refractivity contribution in [1.29, 1.82) is 0 Å². The minimum Gasteiger partial charge on any atom is -0.378 e. The highest BCUT2D eigenvalue weighted by molar-refractivity contribution is 6.21. The standard InChI is InChI=1S/C29H42N4O3/c1-3-22(4-2)30-27(34)25-21-29(26-8-6-5-7-24(25)26)11-15-31(16-12-29)23-9-13-32(14-10-23)28(35)33-17-19-36-20-18-33/h5-8,21-23H,3-4,9-20H2,1-2H3,(H,30,34). The zero-order chi connectivity index (χ0) is 25.1. The Morgan fingerprint density at radius 1 is 0.972 bits per heavy atom. The second-order valence-corrected chi connectivity index (χ2v) is 10.9. The summed E-state index contributed by atoms with van der Waals surface area (Å²) in [7, 11) is 0. The van der Waals surface area contributed by atoms with Gasteiger partial charge in [0, 0.05) is 49.3 Å². The van der Waals surface area contributed by atoms with Crippen LogP contribution >= 0.6 is 0 Å². The van der Waals surface area contributed by atoms with E-state index in [9.17, 15) is 9.59 Å². The van der Waals surface area contributed by atoms with Crippen LogP contribution in [-0.4, -0.2) is 91.2 Å². The first-order valence-corrected chi connectivity index (χ1v) is 14.0. The minimum absolute atomic E-state index is 0.0410. The average molecular weight is 495 g/mol. The van der Waals surface area contributed by atoms with E-state index in [1.54, 1.807) is 0 Å². The summed E-state index contributed by atoms with van der Waals surface area (Å²) in [5.41, 5.74) is 3.26. The third kappa shape index (κ3) is 4.92. The molecule has 4 aliphatic rings. The first kappa shape index (κ1) is 25.3. The second kappa shape index (κ2) is 10.9. The fourth-order valence-electron chi connectivity index (χ4n) is 6.61. The van der Waals surface area contributed by atoms with E-state index >= 15 is 0 Å². The van der Waals surface area contributed by atoms with Gasteiger partial charge in [-0.2, -0.15) is 0 Å². The van der Waals surface area contributed by atoms with Gasteiger partial charge in [0.15, 0.2) is 0 Å². The maximum absolute atomic E-state index is 13.2. The number of fused-ring (bicyclic) bond motifs is 2. The number of nitrogens with zero attached hydrogens (tertiary/aromatic N) is 3. The summed E-state index contributed by atoms with van der Waals surface area (Å²) in [5.74, 6) is 0.0766. The Kier molecular flexibility index (Phi) is 7.68. The van der Waals surface area contributed by atoms with E-state index in [0.29, 0.717) is 32.3 Å². The van der Waals surface area contributed by atoms with Gasteiger partial charge in [0.1, 0.15) is 0 Å². The van der Waals surface area contributed by atoms with Crippen LogP contribution in [0.2, 0.25) is 0 Å². The van der Waals surface area contributed by atoms with Crippen LogP contribution in [0.3, 0.4) is 0 Å². The van der Waals surface area contributed by atoms with Crippen LogP contribution in [0.5, 0.6) is 0 Å². The summed E-state index contributed by atoms with van der Waals surface area (Å²) in [6.07, 6.45) is 8.35. The number of allylic oxidation sites excluding steroid dienone is 1. The van der Waals surface area contributed by atoms with Gasteiger partial charge < -0.3 is 24.8 Å². The SMILES string of the molecule is CCC(CC)NC(=O)C1=CC2(CCN(C3CCN(C(=O)N4CCOCC4)CC3)CC2)c2ccccc21. The van der Waals surface area contributed by atoms with Crippen molar-refractivity contribution in [3.63, 3.8) is 0 Å². The van der Waals surface area contributed by atoms with Crippen LogP contribution < -0.4 is 5.32 Å². The van der Waals surface area contributed by atoms with Crippen molar-refractivity contribution in [2.45, 2.75) is 69.9 Å². The number of urea groups is 1. The Labute approximate surface area is 215 Å². The quantitative estimate of drug-likeness (QED) is 0.679. The Morgan fingerprint density at radius 2 is 1.61 bits per heavy atom. The predicted octanol–water partition coefficient (Wildman–Crippen LogP) is 3.64. The van der Waals surface area contributed by atoms with Crippen molar-refractivity contribution < 1.29 is 14.3 Å². The molecule has 1 spiro atoms. The molecular formula is C29H42N4O3. The number of likely N-dealkylation sites (tertiary alicyclic amines) is 2. The van der Waals surface area contributed by atoms with Crippen molar-refractivity contribution in [3.8, 4) is 0 Å². The van der Waals surface area contributed by atoms with Crippen molar-refractivity contribution in [2.24, 2.45) is 0 Å². The number of hydrogen-bond donors (Lipinski definition) is 1. The van der Waals surface area contributed by atoms with Gasteiger partial charge in [-0.25, -0.2) is 4.79 Å². The summed E-state index contributed by atoms with van der Waals surface area (Å²) >= 11 is 0. The van der Waals surface area contributed by atoms with Crippen LogP contribution in [-0.2, 0) is 14.9 Å². The molecule has 3 heterocycles. The van der Waals surface area contributed by atoms with Gasteiger partial charge in [0.25, 0.3) is 5.91 Å². The molecule has 3 aliphatic heterocycles. The molecule has 36 heavy (non-hydrogen) atoms. The molecule has 0 saturated carbocycles. The van der Waals surface area contributed by atoms with Crippen LogP contribution in [0, 0.1) is 0 Å². The van der Waals surface area contributed by atoms with Gasteiger partial charge in [0.2, 0.25) is 0 Å². The highest BCUT2D eigenvalue weighted by Crippen LogP contribution is 2.47. The molecule has 3 amide bonds. The van der Waals surface area contributed by atoms with E-state index in [-0.39, 0.29) is 23.4 Å². The number of carbonyl (C=O) groups excluding carboxylic acids is 2. The Balaban J connectivity index is 1.21. The van der Waals surface area contributed by atoms with E-state index in [1.165, 1.54) is 5.56 Å². The molecule has 1 aromatic carbocycles. The van der Waals surface area contributed by atoms with E-state index in [4.69, 9.17) is 4.74 Å². The van der Waals surface area contributed by atoms with Gasteiger partial charge in [0.05, 0.1) is 13.2 Å². The van der Waals surface area contributed by atoms with E-state index in [0.717, 1.165) is 75.8 Å². The minimum atomic E-state index is -0.0410. The summed E-state index contributed by atoms with van der Waals surface area (Å²) in [6.45, 7) is 10.7. The summed E-state index contributed by atoms with van der Waals surface area (Å²) in [4.78, 5) is 32.7. The van der Waals surface area contributed by atoms with Crippen molar-refractivity contribution in [1.82, 2.24) is 20.0 Å². The molecule has 3 fully saturated rings. The third-order valence-corrected chi connectivity index (χ3v) is 8.96. The van der Waals surface area contributed by atoms with Crippen molar-refractivity contribution >= 4 is 17.5 Å². The molecule has 7 nitrogen and oxygen atoms in total. The van der Waals surface area contributed by atoms with Gasteiger partial charge in [-0.05, 0) is 62.7 Å². The molecule has 0 unspecified atom stereocenters. The first-order chi connectivity index (χ1) is 17.5. The van der Waals surface area contributed by atoms with Crippen LogP contribution in [0.25, 0.3) is 5.57 Å². The second-order valence-electron chi connectivity index (χ2n) is 10.9. The van der Waals surface area contributed by atoms with Crippen molar-refractivity contribution in [3.05, 3.63) is 41.5 Å². The molecule has 7 heteroatoms. The largest absolute Gasteiger partial charge is 0.378 e. The lowest BCUT2D eigenvalue weighted by molar-refractivity contribution is -0.116. The number of morpholine rings is 1. The van der Waals surface area contributed by atoms with Gasteiger partial charge in [-0.3, -0.25) is 4.79 Å². The lowest BCUT2D eigenvalue weighted by atomic mass is 9.74. The topological polar surface area (TPSA) is 65.1 Å². The fraction of sp³-hybridized carbons (Fsp3) is 0.655. The maximum atomic E-state index is 13.2. The molecule has 1 aromatic rings. The molecule has 0 radical (unpaired) electrons. The fourth-order valence-corrected chi connectivity index (χ4v) is 6.61. The number of nitrogens with one attached hydrogen (secondary N) is 1. The number of hydrogen-bond acceptors (Lipinski definition) is 4. The summed E-state index contributed by atoms with van der Waals surface area (Å²) < 4.78 is 5.40. The zero-order valence-corrected chi connectivity index (χ0v) is 22.0. The number of piperidine rings is 2. The number of rotatable bonds is 5. The molecule has 0 atom stereocenters. The number of carbonyl (C=O) groups is 2. The van der Waals surface area contributed by atoms with Gasteiger partial charge >= 0.3 is 6.03 Å². The molecule has 1 aliphatic carbocycles. The van der Waals surface area contributed by atoms with Crippen molar-refractivity contribution in [2.75, 3.05) is 52.5 Å². The molecule has 5 rings (SSSR count). The summed E-state index contributed by atoms with van der Waals surface area (Å²) in [5, 5.41) is 3.26. The number of benzene rings is 1. The highest BCUT2D eigenvalue weighted by atomic mass is 16.5. The predicted molar refractivity (Wildman–Crippen MR) is 142 cm³/mol. The monoisotopic (exact) mass is 494 g/mol. The Morgan fingerprint density at radius 3 is 2.28 bits per heavy atom. The van der Waals surface area contributed by atoms with Crippen LogP contribution in [0.15, 0.2) is 30.3 Å². The van der Waals surface area contributed by atoms with Gasteiger partial charge in [-0.15, -0.1) is 0 Å².